The van der Waals surface area contributed by atoms with Gasteiger partial charge in [0.25, 0.3) is 0 Å². The summed E-state index contributed by atoms with van der Waals surface area (Å²) in [4.78, 5) is 47.8. The van der Waals surface area contributed by atoms with E-state index in [1.165, 1.54) is 12.3 Å². The Morgan fingerprint density at radius 2 is 2.03 bits per heavy atom. The molecular weight excluding hydrogens is 400 g/mol. The molecule has 2 N–H and O–H groups in total. The highest BCUT2D eigenvalue weighted by Gasteiger charge is 2.33. The normalized spacial score (nSPS) is 14.4. The van der Waals surface area contributed by atoms with Gasteiger partial charge < -0.3 is 14.8 Å². The molecule has 9 nitrogen and oxygen atoms in total. The zero-order valence-electron chi connectivity index (χ0n) is 17.8. The maximum absolute atomic E-state index is 12.4. The van der Waals surface area contributed by atoms with Crippen molar-refractivity contribution in [3.8, 4) is 23.6 Å². The molecule has 0 bridgehead atoms. The first-order valence-corrected chi connectivity index (χ1v) is 9.85. The van der Waals surface area contributed by atoms with Crippen molar-refractivity contribution < 1.29 is 19.4 Å². The molecule has 3 rings (SSSR count). The van der Waals surface area contributed by atoms with Crippen molar-refractivity contribution in [3.63, 3.8) is 0 Å². The van der Waals surface area contributed by atoms with Crippen LogP contribution in [0.2, 0.25) is 0 Å². The number of hydrogen-bond acceptors (Lipinski definition) is 6. The summed E-state index contributed by atoms with van der Waals surface area (Å²) >= 11 is 0. The van der Waals surface area contributed by atoms with E-state index in [2.05, 4.69) is 20.9 Å². The number of carbonyl (C=O) groups excluding carboxylic acids is 1. The summed E-state index contributed by atoms with van der Waals surface area (Å²) in [7, 11) is 0. The number of nitrogens with one attached hydrogen (secondary N) is 1. The number of terminal acetylenes is 1. The van der Waals surface area contributed by atoms with Crippen molar-refractivity contribution in [3.05, 3.63) is 40.1 Å². The van der Waals surface area contributed by atoms with Crippen LogP contribution in [0.3, 0.4) is 0 Å². The van der Waals surface area contributed by atoms with Gasteiger partial charge in [-0.2, -0.15) is 4.90 Å². The third-order valence-corrected chi connectivity index (χ3v) is 4.88. The van der Waals surface area contributed by atoms with Crippen LogP contribution >= 0.6 is 0 Å². The van der Waals surface area contributed by atoms with Crippen LogP contribution < -0.4 is 10.5 Å². The average Bonchev–Trinajstić information content (AvgIpc) is 3.51. The van der Waals surface area contributed by atoms with E-state index in [9.17, 15) is 19.5 Å². The van der Waals surface area contributed by atoms with E-state index in [1.807, 2.05) is 6.92 Å². The van der Waals surface area contributed by atoms with E-state index >= 15 is 0 Å². The first-order chi connectivity index (χ1) is 14.5. The molecule has 2 amide bonds. The van der Waals surface area contributed by atoms with Gasteiger partial charge >= 0.3 is 12.2 Å². The number of carbonyl (C=O) groups is 2. The number of anilines is 1. The predicted octanol–water partition coefficient (Wildman–Crippen LogP) is 3.75. The van der Waals surface area contributed by atoms with E-state index < -0.39 is 17.8 Å². The SMILES string of the molecule is C#Cc1nc(-c2ccc(=O)[nH]c2C(C)C2CC2)cnc1N(C(=O)O)C(=O)OC(C)(C)C. The summed E-state index contributed by atoms with van der Waals surface area (Å²) in [6.07, 6.45) is 6.33. The van der Waals surface area contributed by atoms with Crippen LogP contribution in [-0.4, -0.2) is 37.8 Å². The van der Waals surface area contributed by atoms with Crippen LogP contribution in [0.5, 0.6) is 0 Å². The topological polar surface area (TPSA) is 125 Å². The Hall–Kier alpha value is -3.67. The van der Waals surface area contributed by atoms with Gasteiger partial charge in [-0.25, -0.2) is 19.6 Å². The minimum absolute atomic E-state index is 0.108. The molecule has 0 aliphatic heterocycles. The largest absolute Gasteiger partial charge is 0.464 e. The van der Waals surface area contributed by atoms with Gasteiger partial charge in [-0.3, -0.25) is 4.79 Å². The van der Waals surface area contributed by atoms with Crippen LogP contribution in [-0.2, 0) is 4.74 Å². The van der Waals surface area contributed by atoms with Crippen LogP contribution in [0.1, 0.15) is 57.8 Å². The Balaban J connectivity index is 2.06. The molecule has 1 aliphatic carbocycles. The molecule has 1 atom stereocenters. The molecule has 1 saturated carbocycles. The zero-order valence-corrected chi connectivity index (χ0v) is 17.8. The Labute approximate surface area is 179 Å². The maximum atomic E-state index is 12.4. The van der Waals surface area contributed by atoms with Crippen LogP contribution in [0.4, 0.5) is 15.4 Å². The molecule has 0 radical (unpaired) electrons. The van der Waals surface area contributed by atoms with E-state index in [1.54, 1.807) is 26.8 Å². The second-order valence-corrected chi connectivity index (χ2v) is 8.45. The minimum Gasteiger partial charge on any atom is -0.464 e. The number of hydrogen-bond donors (Lipinski definition) is 2. The quantitative estimate of drug-likeness (QED) is 0.716. The van der Waals surface area contributed by atoms with Gasteiger partial charge in [-0.15, -0.1) is 6.42 Å². The maximum Gasteiger partial charge on any atom is 0.425 e. The van der Waals surface area contributed by atoms with Crippen molar-refractivity contribution in [2.24, 2.45) is 5.92 Å². The smallest absolute Gasteiger partial charge is 0.425 e. The standard InChI is InChI=1S/C22H24N4O5/c1-6-15-19(26(20(28)29)21(30)31-22(3,4)5)23-11-16(24-15)14-9-10-17(27)25-18(14)12(2)13-7-8-13/h1,9-13H,7-8H2,2-5H3,(H,25,27)(H,28,29). The summed E-state index contributed by atoms with van der Waals surface area (Å²) in [6, 6.07) is 3.02. The third kappa shape index (κ3) is 4.91. The summed E-state index contributed by atoms with van der Waals surface area (Å²) in [5.41, 5.74) is 0.455. The van der Waals surface area contributed by atoms with E-state index in [4.69, 9.17) is 11.2 Å². The highest BCUT2D eigenvalue weighted by Crippen LogP contribution is 2.43. The molecule has 31 heavy (non-hydrogen) atoms. The number of aromatic nitrogens is 3. The molecule has 1 unspecified atom stereocenters. The number of nitrogens with zero attached hydrogens (tertiary/aromatic N) is 3. The van der Waals surface area contributed by atoms with Crippen molar-refractivity contribution in [2.45, 2.75) is 52.1 Å². The van der Waals surface area contributed by atoms with Gasteiger partial charge in [-0.05, 0) is 57.4 Å². The molecule has 2 aromatic rings. The first kappa shape index (κ1) is 22.0. The van der Waals surface area contributed by atoms with Gasteiger partial charge in [0.2, 0.25) is 5.56 Å². The van der Waals surface area contributed by atoms with Crippen molar-refractivity contribution in [1.29, 1.82) is 0 Å². The molecule has 9 heteroatoms. The molecule has 162 valence electrons. The van der Waals surface area contributed by atoms with Crippen molar-refractivity contribution in [2.75, 3.05) is 4.90 Å². The monoisotopic (exact) mass is 424 g/mol. The van der Waals surface area contributed by atoms with Crippen LogP contribution in [0, 0.1) is 18.3 Å². The van der Waals surface area contributed by atoms with Gasteiger partial charge in [0, 0.05) is 17.3 Å². The molecule has 0 spiro atoms. The number of imide groups is 1. The number of carboxylic acid groups (broad SMARTS) is 1. The lowest BCUT2D eigenvalue weighted by atomic mass is 9.96. The van der Waals surface area contributed by atoms with Gasteiger partial charge in [0.15, 0.2) is 11.5 Å². The predicted molar refractivity (Wildman–Crippen MR) is 114 cm³/mol. The summed E-state index contributed by atoms with van der Waals surface area (Å²) in [6.45, 7) is 6.87. The second kappa shape index (κ2) is 8.22. The number of pyridine rings is 1. The number of rotatable bonds is 4. The van der Waals surface area contributed by atoms with E-state index in [-0.39, 0.29) is 23.0 Å². The molecular formula is C22H24N4O5. The van der Waals surface area contributed by atoms with E-state index in [0.717, 1.165) is 18.5 Å². The Morgan fingerprint density at radius 3 is 2.58 bits per heavy atom. The fraction of sp³-hybridized carbons (Fsp3) is 0.409. The lowest BCUT2D eigenvalue weighted by molar-refractivity contribution is 0.0580. The highest BCUT2D eigenvalue weighted by molar-refractivity contribution is 6.08. The minimum atomic E-state index is -1.60. The van der Waals surface area contributed by atoms with Crippen molar-refractivity contribution >= 4 is 18.0 Å². The average molecular weight is 424 g/mol. The summed E-state index contributed by atoms with van der Waals surface area (Å²) in [5.74, 6) is 2.56. The Kier molecular flexibility index (Phi) is 5.84. The molecule has 0 saturated heterocycles. The van der Waals surface area contributed by atoms with Gasteiger partial charge in [-0.1, -0.05) is 6.92 Å². The number of aromatic amines is 1. The number of amides is 2. The molecule has 1 fully saturated rings. The second-order valence-electron chi connectivity index (χ2n) is 8.45. The summed E-state index contributed by atoms with van der Waals surface area (Å²) in [5, 5.41) is 9.56. The number of ether oxygens (including phenoxy) is 1. The molecule has 1 aliphatic rings. The fourth-order valence-corrected chi connectivity index (χ4v) is 3.24. The lowest BCUT2D eigenvalue weighted by Gasteiger charge is -2.24. The lowest BCUT2D eigenvalue weighted by Crippen LogP contribution is -2.41. The van der Waals surface area contributed by atoms with Crippen molar-refractivity contribution in [1.82, 2.24) is 15.0 Å². The number of H-pyrrole nitrogens is 1. The van der Waals surface area contributed by atoms with Crippen LogP contribution in [0.25, 0.3) is 11.3 Å². The Morgan fingerprint density at radius 1 is 1.35 bits per heavy atom. The van der Waals surface area contributed by atoms with E-state index in [0.29, 0.717) is 22.1 Å². The summed E-state index contributed by atoms with van der Waals surface area (Å²) < 4.78 is 5.16. The molecule has 2 heterocycles. The fourth-order valence-electron chi connectivity index (χ4n) is 3.24. The third-order valence-electron chi connectivity index (χ3n) is 4.88. The highest BCUT2D eigenvalue weighted by atomic mass is 16.6. The molecule has 2 aromatic heterocycles. The Bertz CT molecular complexity index is 1120. The zero-order chi connectivity index (χ0) is 22.9. The van der Waals surface area contributed by atoms with Gasteiger partial charge in [0.05, 0.1) is 11.9 Å². The van der Waals surface area contributed by atoms with Crippen LogP contribution in [0.15, 0.2) is 23.1 Å². The molecule has 0 aromatic carbocycles. The van der Waals surface area contributed by atoms with Gasteiger partial charge in [0.1, 0.15) is 5.60 Å². The first-order valence-electron chi connectivity index (χ1n) is 9.85.